The number of hydrogen-bond acceptors (Lipinski definition) is 2. The highest BCUT2D eigenvalue weighted by atomic mass is 79.9. The minimum absolute atomic E-state index is 0.190. The van der Waals surface area contributed by atoms with Crippen molar-refractivity contribution < 1.29 is 4.74 Å². The van der Waals surface area contributed by atoms with Gasteiger partial charge in [0.25, 0.3) is 0 Å². The quantitative estimate of drug-likeness (QED) is 0.846. The molecule has 1 unspecified atom stereocenters. The van der Waals surface area contributed by atoms with Crippen molar-refractivity contribution in [3.05, 3.63) is 63.1 Å². The summed E-state index contributed by atoms with van der Waals surface area (Å²) in [5.74, 6) is 0.841. The molecule has 0 aromatic heterocycles. The van der Waals surface area contributed by atoms with Gasteiger partial charge >= 0.3 is 0 Å². The van der Waals surface area contributed by atoms with E-state index in [4.69, 9.17) is 16.3 Å². The van der Waals surface area contributed by atoms with Crippen LogP contribution < -0.4 is 10.1 Å². The molecule has 0 heterocycles. The lowest BCUT2D eigenvalue weighted by Gasteiger charge is -2.19. The standard InChI is InChI=1S/C16H17BrClNO/c1-19-16(9-11-5-3-4-6-15(11)18)13-8-7-12(20-2)10-14(13)17/h3-8,10,16,19H,9H2,1-2H3. The maximum absolute atomic E-state index is 6.24. The summed E-state index contributed by atoms with van der Waals surface area (Å²) in [6.07, 6.45) is 0.834. The average Bonchev–Trinajstić information content (AvgIpc) is 2.47. The van der Waals surface area contributed by atoms with Gasteiger partial charge in [0.05, 0.1) is 7.11 Å². The van der Waals surface area contributed by atoms with Gasteiger partial charge in [0.15, 0.2) is 0 Å². The third-order valence-electron chi connectivity index (χ3n) is 3.31. The van der Waals surface area contributed by atoms with Gasteiger partial charge in [0.1, 0.15) is 5.75 Å². The van der Waals surface area contributed by atoms with Crippen molar-refractivity contribution in [2.45, 2.75) is 12.5 Å². The topological polar surface area (TPSA) is 21.3 Å². The van der Waals surface area contributed by atoms with E-state index in [9.17, 15) is 0 Å². The number of rotatable bonds is 5. The zero-order valence-electron chi connectivity index (χ0n) is 11.5. The molecule has 0 aliphatic rings. The van der Waals surface area contributed by atoms with Gasteiger partial charge in [0, 0.05) is 15.5 Å². The van der Waals surface area contributed by atoms with E-state index < -0.39 is 0 Å². The Hall–Kier alpha value is -1.03. The minimum atomic E-state index is 0.190. The number of nitrogens with one attached hydrogen (secondary N) is 1. The molecule has 1 N–H and O–H groups in total. The van der Waals surface area contributed by atoms with Crippen LogP contribution in [0.15, 0.2) is 46.9 Å². The molecular formula is C16H17BrClNO. The lowest BCUT2D eigenvalue weighted by molar-refractivity contribution is 0.414. The molecular weight excluding hydrogens is 338 g/mol. The van der Waals surface area contributed by atoms with Crippen molar-refractivity contribution in [2.24, 2.45) is 0 Å². The summed E-state index contributed by atoms with van der Waals surface area (Å²) in [4.78, 5) is 0. The van der Waals surface area contributed by atoms with E-state index in [1.54, 1.807) is 7.11 Å². The van der Waals surface area contributed by atoms with E-state index in [0.717, 1.165) is 27.2 Å². The maximum atomic E-state index is 6.24. The van der Waals surface area contributed by atoms with Gasteiger partial charge in [-0.15, -0.1) is 0 Å². The summed E-state index contributed by atoms with van der Waals surface area (Å²) < 4.78 is 6.26. The molecule has 4 heteroatoms. The van der Waals surface area contributed by atoms with E-state index in [1.165, 1.54) is 5.56 Å². The fourth-order valence-corrected chi connectivity index (χ4v) is 3.02. The lowest BCUT2D eigenvalue weighted by Crippen LogP contribution is -2.19. The second kappa shape index (κ2) is 7.11. The van der Waals surface area contributed by atoms with Crippen LogP contribution in [0.4, 0.5) is 0 Å². The number of halogens is 2. The lowest BCUT2D eigenvalue weighted by atomic mass is 9.99. The number of benzene rings is 2. The largest absolute Gasteiger partial charge is 0.497 e. The van der Waals surface area contributed by atoms with Crippen LogP contribution in [0.1, 0.15) is 17.2 Å². The van der Waals surface area contributed by atoms with Gasteiger partial charge in [-0.25, -0.2) is 0 Å². The molecule has 2 rings (SSSR count). The summed E-state index contributed by atoms with van der Waals surface area (Å²) in [5, 5.41) is 4.15. The summed E-state index contributed by atoms with van der Waals surface area (Å²) in [5.41, 5.74) is 2.32. The number of ether oxygens (including phenoxy) is 1. The first-order valence-electron chi connectivity index (χ1n) is 6.39. The van der Waals surface area contributed by atoms with Gasteiger partial charge in [-0.2, -0.15) is 0 Å². The number of hydrogen-bond donors (Lipinski definition) is 1. The van der Waals surface area contributed by atoms with Crippen molar-refractivity contribution in [3.63, 3.8) is 0 Å². The Balaban J connectivity index is 2.27. The Bertz CT molecular complexity index is 588. The molecule has 0 aliphatic heterocycles. The Morgan fingerprint density at radius 3 is 2.60 bits per heavy atom. The highest BCUT2D eigenvalue weighted by Crippen LogP contribution is 2.30. The second-order valence-corrected chi connectivity index (χ2v) is 5.79. The third kappa shape index (κ3) is 3.54. The van der Waals surface area contributed by atoms with E-state index in [2.05, 4.69) is 33.4 Å². The Labute approximate surface area is 133 Å². The van der Waals surface area contributed by atoms with Crippen LogP contribution in [0.3, 0.4) is 0 Å². The zero-order valence-corrected chi connectivity index (χ0v) is 13.8. The predicted molar refractivity (Wildman–Crippen MR) is 87.7 cm³/mol. The molecule has 1 atom stereocenters. The predicted octanol–water partition coefficient (Wildman–Crippen LogP) is 4.61. The Morgan fingerprint density at radius 2 is 2.00 bits per heavy atom. The molecule has 0 saturated carbocycles. The van der Waals surface area contributed by atoms with E-state index in [1.807, 2.05) is 37.4 Å². The average molecular weight is 355 g/mol. The molecule has 0 aliphatic carbocycles. The third-order valence-corrected chi connectivity index (χ3v) is 4.37. The zero-order chi connectivity index (χ0) is 14.5. The summed E-state index contributed by atoms with van der Waals surface area (Å²) in [7, 11) is 3.62. The van der Waals surface area contributed by atoms with Crippen LogP contribution in [0, 0.1) is 0 Å². The fraction of sp³-hybridized carbons (Fsp3) is 0.250. The van der Waals surface area contributed by atoms with Crippen molar-refractivity contribution in [3.8, 4) is 5.75 Å². The Kier molecular flexibility index (Phi) is 5.46. The first-order valence-corrected chi connectivity index (χ1v) is 7.57. The van der Waals surface area contributed by atoms with Crippen molar-refractivity contribution in [2.75, 3.05) is 14.2 Å². The molecule has 106 valence electrons. The van der Waals surface area contributed by atoms with Crippen LogP contribution in [-0.2, 0) is 6.42 Å². The molecule has 0 fully saturated rings. The maximum Gasteiger partial charge on any atom is 0.120 e. The van der Waals surface area contributed by atoms with Crippen LogP contribution in [-0.4, -0.2) is 14.2 Å². The molecule has 20 heavy (non-hydrogen) atoms. The van der Waals surface area contributed by atoms with Crippen LogP contribution >= 0.6 is 27.5 Å². The molecule has 2 nitrogen and oxygen atoms in total. The fourth-order valence-electron chi connectivity index (χ4n) is 2.17. The second-order valence-electron chi connectivity index (χ2n) is 4.52. The smallest absolute Gasteiger partial charge is 0.120 e. The molecule has 0 saturated heterocycles. The van der Waals surface area contributed by atoms with E-state index in [0.29, 0.717) is 0 Å². The summed E-state index contributed by atoms with van der Waals surface area (Å²) in [6.45, 7) is 0. The van der Waals surface area contributed by atoms with Gasteiger partial charge in [-0.1, -0.05) is 51.8 Å². The van der Waals surface area contributed by atoms with Gasteiger partial charge in [-0.05, 0) is 42.8 Å². The van der Waals surface area contributed by atoms with Gasteiger partial charge in [-0.3, -0.25) is 0 Å². The normalized spacial score (nSPS) is 12.2. The van der Waals surface area contributed by atoms with Crippen LogP contribution in [0.5, 0.6) is 5.75 Å². The minimum Gasteiger partial charge on any atom is -0.497 e. The van der Waals surface area contributed by atoms with Crippen molar-refractivity contribution >= 4 is 27.5 Å². The van der Waals surface area contributed by atoms with Crippen LogP contribution in [0.25, 0.3) is 0 Å². The monoisotopic (exact) mass is 353 g/mol. The first-order chi connectivity index (χ1) is 9.65. The van der Waals surface area contributed by atoms with Gasteiger partial charge < -0.3 is 10.1 Å². The summed E-state index contributed by atoms with van der Waals surface area (Å²) in [6, 6.07) is 14.1. The molecule has 2 aromatic rings. The summed E-state index contributed by atoms with van der Waals surface area (Å²) >= 11 is 9.85. The molecule has 2 aromatic carbocycles. The first kappa shape index (κ1) is 15.4. The molecule has 0 radical (unpaired) electrons. The Morgan fingerprint density at radius 1 is 1.25 bits per heavy atom. The molecule has 0 spiro atoms. The molecule has 0 bridgehead atoms. The van der Waals surface area contributed by atoms with Crippen LogP contribution in [0.2, 0.25) is 5.02 Å². The highest BCUT2D eigenvalue weighted by molar-refractivity contribution is 9.10. The highest BCUT2D eigenvalue weighted by Gasteiger charge is 2.15. The van der Waals surface area contributed by atoms with Crippen molar-refractivity contribution in [1.82, 2.24) is 5.32 Å². The van der Waals surface area contributed by atoms with Gasteiger partial charge in [0.2, 0.25) is 0 Å². The molecule has 0 amide bonds. The SMILES string of the molecule is CNC(Cc1ccccc1Cl)c1ccc(OC)cc1Br. The number of likely N-dealkylation sites (N-methyl/N-ethyl adjacent to an activating group) is 1. The number of methoxy groups -OCH3 is 1. The van der Waals surface area contributed by atoms with E-state index in [-0.39, 0.29) is 6.04 Å². The van der Waals surface area contributed by atoms with Crippen molar-refractivity contribution in [1.29, 1.82) is 0 Å². The van der Waals surface area contributed by atoms with E-state index >= 15 is 0 Å².